The highest BCUT2D eigenvalue weighted by Gasteiger charge is 2.19. The van der Waals surface area contributed by atoms with Crippen molar-refractivity contribution in [3.63, 3.8) is 0 Å². The predicted octanol–water partition coefficient (Wildman–Crippen LogP) is 4.77. The summed E-state index contributed by atoms with van der Waals surface area (Å²) in [6.45, 7) is 3.22. The number of hydrogen-bond acceptors (Lipinski definition) is 4. The number of imidazole rings is 1. The fourth-order valence-corrected chi connectivity index (χ4v) is 4.17. The van der Waals surface area contributed by atoms with Crippen molar-refractivity contribution in [3.8, 4) is 0 Å². The molecule has 0 amide bonds. The molecule has 3 aromatic rings. The lowest BCUT2D eigenvalue weighted by molar-refractivity contribution is -0.139. The summed E-state index contributed by atoms with van der Waals surface area (Å²) in [6, 6.07) is 11.1. The number of hydrogen-bond donors (Lipinski definition) is 2. The molecule has 0 aliphatic carbocycles. The number of thiophene rings is 1. The molecule has 154 valence electrons. The maximum absolute atomic E-state index is 11.7. The van der Waals surface area contributed by atoms with E-state index in [1.54, 1.807) is 11.3 Å². The molecule has 0 radical (unpaired) electrons. The van der Waals surface area contributed by atoms with Gasteiger partial charge in [0.15, 0.2) is 0 Å². The molecule has 3 rings (SSSR count). The van der Waals surface area contributed by atoms with Crippen molar-refractivity contribution in [2.24, 2.45) is 0 Å². The van der Waals surface area contributed by atoms with Crippen LogP contribution in [-0.4, -0.2) is 26.7 Å². The lowest BCUT2D eigenvalue weighted by Gasteiger charge is -2.17. The maximum atomic E-state index is 11.7. The van der Waals surface area contributed by atoms with Gasteiger partial charge in [-0.3, -0.25) is 10.1 Å². The zero-order valence-corrected chi connectivity index (χ0v) is 18.0. The van der Waals surface area contributed by atoms with Gasteiger partial charge >= 0.3 is 5.97 Å². The van der Waals surface area contributed by atoms with E-state index in [-0.39, 0.29) is 0 Å². The number of aliphatic carboxylic acids is 1. The van der Waals surface area contributed by atoms with Crippen molar-refractivity contribution in [2.45, 2.75) is 51.7 Å². The lowest BCUT2D eigenvalue weighted by atomic mass is 10.1. The monoisotopic (exact) mass is 431 g/mol. The standard InChI is InChI=1S/C22H26ClN3O2S/c1-2-3-10-21-25-14-17(26(21)15-16-7-4-5-9-19(16)23)13-24-20(22(27)28)12-18-8-6-11-29-18/h4-9,11,14,20,24H,2-3,10,12-13,15H2,1H3,(H,27,28)/t20-/m0/s1. The average molecular weight is 432 g/mol. The van der Waals surface area contributed by atoms with Gasteiger partial charge in [-0.05, 0) is 29.5 Å². The zero-order valence-electron chi connectivity index (χ0n) is 16.5. The molecule has 1 aromatic carbocycles. The summed E-state index contributed by atoms with van der Waals surface area (Å²) in [7, 11) is 0. The van der Waals surface area contributed by atoms with Crippen molar-refractivity contribution in [1.82, 2.24) is 14.9 Å². The van der Waals surface area contributed by atoms with E-state index in [2.05, 4.69) is 21.8 Å². The van der Waals surface area contributed by atoms with Crippen molar-refractivity contribution in [2.75, 3.05) is 0 Å². The van der Waals surface area contributed by atoms with Crippen LogP contribution in [0.1, 0.15) is 41.7 Å². The number of carboxylic acids is 1. The molecule has 2 heterocycles. The second-order valence-corrected chi connectivity index (χ2v) is 8.44. The Bertz CT molecular complexity index is 924. The molecule has 1 atom stereocenters. The first-order chi connectivity index (χ1) is 14.1. The number of halogens is 1. The van der Waals surface area contributed by atoms with Crippen LogP contribution < -0.4 is 5.32 Å². The van der Waals surface area contributed by atoms with Crippen molar-refractivity contribution in [3.05, 3.63) is 75.0 Å². The molecule has 0 aliphatic rings. The van der Waals surface area contributed by atoms with Gasteiger partial charge < -0.3 is 9.67 Å². The van der Waals surface area contributed by atoms with Gasteiger partial charge in [0.2, 0.25) is 0 Å². The highest BCUT2D eigenvalue weighted by Crippen LogP contribution is 2.19. The number of aryl methyl sites for hydroxylation is 1. The highest BCUT2D eigenvalue weighted by molar-refractivity contribution is 7.09. The summed E-state index contributed by atoms with van der Waals surface area (Å²) in [6.07, 6.45) is 5.35. The van der Waals surface area contributed by atoms with E-state index in [9.17, 15) is 9.90 Å². The fourth-order valence-electron chi connectivity index (χ4n) is 3.22. The summed E-state index contributed by atoms with van der Waals surface area (Å²) >= 11 is 7.95. The van der Waals surface area contributed by atoms with E-state index < -0.39 is 12.0 Å². The highest BCUT2D eigenvalue weighted by atomic mass is 35.5. The second kappa shape index (κ2) is 10.6. The summed E-state index contributed by atoms with van der Waals surface area (Å²) in [5.41, 5.74) is 1.99. The minimum Gasteiger partial charge on any atom is -0.480 e. The Labute approximate surface area is 180 Å². The Balaban J connectivity index is 1.77. The van der Waals surface area contributed by atoms with Gasteiger partial charge in [-0.2, -0.15) is 0 Å². The molecule has 7 heteroatoms. The Morgan fingerprint density at radius 2 is 2.14 bits per heavy atom. The van der Waals surface area contributed by atoms with Crippen molar-refractivity contribution in [1.29, 1.82) is 0 Å². The van der Waals surface area contributed by atoms with Gasteiger partial charge in [-0.15, -0.1) is 11.3 Å². The summed E-state index contributed by atoms with van der Waals surface area (Å²) in [4.78, 5) is 17.4. The number of nitrogens with one attached hydrogen (secondary N) is 1. The number of carboxylic acid groups (broad SMARTS) is 1. The van der Waals surface area contributed by atoms with Gasteiger partial charge in [-0.1, -0.05) is 49.2 Å². The summed E-state index contributed by atoms with van der Waals surface area (Å²) in [5, 5.41) is 15.5. The van der Waals surface area contributed by atoms with Gasteiger partial charge in [0, 0.05) is 35.5 Å². The molecule has 0 bridgehead atoms. The number of unbranched alkanes of at least 4 members (excludes halogenated alkanes) is 1. The molecule has 2 aromatic heterocycles. The number of carbonyl (C=O) groups is 1. The molecule has 0 aliphatic heterocycles. The first-order valence-corrected chi connectivity index (χ1v) is 11.1. The topological polar surface area (TPSA) is 67.2 Å². The minimum absolute atomic E-state index is 0.436. The molecule has 0 unspecified atom stereocenters. The average Bonchev–Trinajstić information content (AvgIpc) is 3.35. The third kappa shape index (κ3) is 5.92. The van der Waals surface area contributed by atoms with Gasteiger partial charge in [0.1, 0.15) is 11.9 Å². The van der Waals surface area contributed by atoms with Gasteiger partial charge in [0.25, 0.3) is 0 Å². The van der Waals surface area contributed by atoms with E-state index in [1.807, 2.05) is 48.0 Å². The normalized spacial score (nSPS) is 12.2. The van der Waals surface area contributed by atoms with Crippen LogP contribution in [0.2, 0.25) is 5.02 Å². The third-order valence-electron chi connectivity index (χ3n) is 4.87. The predicted molar refractivity (Wildman–Crippen MR) is 118 cm³/mol. The van der Waals surface area contributed by atoms with Crippen LogP contribution >= 0.6 is 22.9 Å². The van der Waals surface area contributed by atoms with Crippen LogP contribution in [0.5, 0.6) is 0 Å². The number of benzene rings is 1. The number of aromatic nitrogens is 2. The number of rotatable bonds is 11. The zero-order chi connectivity index (χ0) is 20.6. The minimum atomic E-state index is -0.846. The Morgan fingerprint density at radius 3 is 2.83 bits per heavy atom. The van der Waals surface area contributed by atoms with E-state index in [0.717, 1.165) is 46.2 Å². The lowest BCUT2D eigenvalue weighted by Crippen LogP contribution is -2.38. The third-order valence-corrected chi connectivity index (χ3v) is 6.14. The summed E-state index contributed by atoms with van der Waals surface area (Å²) in [5.74, 6) is 0.162. The first kappa shape index (κ1) is 21.6. The largest absolute Gasteiger partial charge is 0.480 e. The van der Waals surface area contributed by atoms with Crippen LogP contribution in [0, 0.1) is 0 Å². The first-order valence-electron chi connectivity index (χ1n) is 9.83. The molecule has 29 heavy (non-hydrogen) atoms. The van der Waals surface area contributed by atoms with Crippen molar-refractivity contribution >= 4 is 28.9 Å². The SMILES string of the molecule is CCCCc1ncc(CN[C@@H](Cc2cccs2)C(=O)O)n1Cc1ccccc1Cl. The van der Waals surface area contributed by atoms with Gasteiger partial charge in [-0.25, -0.2) is 4.98 Å². The van der Waals surface area contributed by atoms with Gasteiger partial charge in [0.05, 0.1) is 12.2 Å². The molecular weight excluding hydrogens is 406 g/mol. The molecule has 5 nitrogen and oxygen atoms in total. The maximum Gasteiger partial charge on any atom is 0.321 e. The van der Waals surface area contributed by atoms with E-state index >= 15 is 0 Å². The van der Waals surface area contributed by atoms with Crippen LogP contribution in [0.3, 0.4) is 0 Å². The Hall–Kier alpha value is -2.15. The molecule has 0 fully saturated rings. The van der Waals surface area contributed by atoms with E-state index in [1.165, 1.54) is 0 Å². The molecule has 0 spiro atoms. The fraction of sp³-hybridized carbons (Fsp3) is 0.364. The van der Waals surface area contributed by atoms with Crippen LogP contribution in [0.25, 0.3) is 0 Å². The smallest absolute Gasteiger partial charge is 0.321 e. The molecule has 0 saturated heterocycles. The molecular formula is C22H26ClN3O2S. The van der Waals surface area contributed by atoms with E-state index in [4.69, 9.17) is 11.6 Å². The van der Waals surface area contributed by atoms with Crippen molar-refractivity contribution < 1.29 is 9.90 Å². The number of nitrogens with zero attached hydrogens (tertiary/aromatic N) is 2. The Morgan fingerprint density at radius 1 is 1.31 bits per heavy atom. The van der Waals surface area contributed by atoms with Crippen LogP contribution in [-0.2, 0) is 30.7 Å². The van der Waals surface area contributed by atoms with Crippen LogP contribution in [0.15, 0.2) is 48.0 Å². The quantitative estimate of drug-likeness (QED) is 0.458. The van der Waals surface area contributed by atoms with Crippen LogP contribution in [0.4, 0.5) is 0 Å². The second-order valence-electron chi connectivity index (χ2n) is 7.00. The molecule has 2 N–H and O–H groups in total. The molecule has 0 saturated carbocycles. The van der Waals surface area contributed by atoms with E-state index in [0.29, 0.717) is 19.5 Å². The Kier molecular flexibility index (Phi) is 7.86. The summed E-state index contributed by atoms with van der Waals surface area (Å²) < 4.78 is 2.16.